The second kappa shape index (κ2) is 17.6. The molecule has 0 atom stereocenters. The lowest BCUT2D eigenvalue weighted by Gasteiger charge is -2.20. The lowest BCUT2D eigenvalue weighted by atomic mass is 10.0. The number of carboxylic acids is 1. The van der Waals surface area contributed by atoms with E-state index < -0.39 is 5.97 Å². The molecule has 10 heteroatoms. The average Bonchev–Trinajstić information content (AvgIpc) is 3.26. The summed E-state index contributed by atoms with van der Waals surface area (Å²) in [6.07, 6.45) is 11.5. The van der Waals surface area contributed by atoms with Gasteiger partial charge in [0.1, 0.15) is 21.8 Å². The SMILES string of the molecule is CCCCn1c(NCc2ccccc2)c(/C=C2/SC(=S)N(CCCCCCCCCCC(=O)O)C2=O)c(C)c(C#N)c1=O. The molecular weight excluding hydrogens is 581 g/mol. The molecule has 230 valence electrons. The van der Waals surface area contributed by atoms with Gasteiger partial charge in [0.05, 0.1) is 4.91 Å². The van der Waals surface area contributed by atoms with Crippen LogP contribution in [0.4, 0.5) is 5.82 Å². The first-order valence-electron chi connectivity index (χ1n) is 15.2. The van der Waals surface area contributed by atoms with E-state index in [2.05, 4.69) is 18.3 Å². The van der Waals surface area contributed by atoms with Crippen LogP contribution >= 0.6 is 24.0 Å². The zero-order chi connectivity index (χ0) is 31.2. The third-order valence-electron chi connectivity index (χ3n) is 7.58. The van der Waals surface area contributed by atoms with Gasteiger partial charge < -0.3 is 10.4 Å². The summed E-state index contributed by atoms with van der Waals surface area (Å²) in [7, 11) is 0. The molecule has 1 aromatic carbocycles. The van der Waals surface area contributed by atoms with E-state index in [0.29, 0.717) is 45.8 Å². The fourth-order valence-corrected chi connectivity index (χ4v) is 6.39. The molecule has 1 aliphatic heterocycles. The highest BCUT2D eigenvalue weighted by Gasteiger charge is 2.32. The van der Waals surface area contributed by atoms with E-state index in [9.17, 15) is 19.6 Å². The lowest BCUT2D eigenvalue weighted by molar-refractivity contribution is -0.137. The van der Waals surface area contributed by atoms with Crippen molar-refractivity contribution in [2.24, 2.45) is 0 Å². The van der Waals surface area contributed by atoms with Gasteiger partial charge in [0, 0.05) is 31.6 Å². The number of carbonyl (C=O) groups excluding carboxylic acids is 1. The minimum Gasteiger partial charge on any atom is -0.481 e. The smallest absolute Gasteiger partial charge is 0.303 e. The molecule has 1 amide bonds. The lowest BCUT2D eigenvalue weighted by Crippen LogP contribution is -2.29. The van der Waals surface area contributed by atoms with E-state index in [0.717, 1.165) is 69.8 Å². The number of thioether (sulfide) groups is 1. The van der Waals surface area contributed by atoms with E-state index in [-0.39, 0.29) is 23.5 Å². The molecule has 3 rings (SSSR count). The highest BCUT2D eigenvalue weighted by Crippen LogP contribution is 2.35. The minimum atomic E-state index is -0.733. The van der Waals surface area contributed by atoms with Gasteiger partial charge in [-0.15, -0.1) is 0 Å². The van der Waals surface area contributed by atoms with Crippen molar-refractivity contribution in [3.8, 4) is 6.07 Å². The van der Waals surface area contributed by atoms with Crippen LogP contribution in [0.2, 0.25) is 0 Å². The number of aromatic nitrogens is 1. The Morgan fingerprint density at radius 2 is 1.67 bits per heavy atom. The first kappa shape index (κ1) is 34.1. The maximum atomic E-state index is 13.5. The molecule has 2 N–H and O–H groups in total. The number of aliphatic carboxylic acids is 1. The number of anilines is 1. The maximum absolute atomic E-state index is 13.5. The summed E-state index contributed by atoms with van der Waals surface area (Å²) in [6, 6.07) is 12.0. The van der Waals surface area contributed by atoms with Crippen molar-refractivity contribution in [2.45, 2.75) is 97.6 Å². The molecule has 8 nitrogen and oxygen atoms in total. The van der Waals surface area contributed by atoms with Gasteiger partial charge in [0.15, 0.2) is 0 Å². The number of carbonyl (C=O) groups is 2. The van der Waals surface area contributed by atoms with Gasteiger partial charge in [0.25, 0.3) is 11.5 Å². The van der Waals surface area contributed by atoms with Crippen LogP contribution in [-0.4, -0.2) is 37.3 Å². The molecule has 0 bridgehead atoms. The van der Waals surface area contributed by atoms with Crippen LogP contribution in [0.15, 0.2) is 40.0 Å². The van der Waals surface area contributed by atoms with Crippen molar-refractivity contribution in [3.63, 3.8) is 0 Å². The third-order valence-corrected chi connectivity index (χ3v) is 8.96. The van der Waals surface area contributed by atoms with Gasteiger partial charge in [-0.25, -0.2) is 0 Å². The Labute approximate surface area is 264 Å². The van der Waals surface area contributed by atoms with E-state index in [1.54, 1.807) is 22.5 Å². The van der Waals surface area contributed by atoms with E-state index in [1.807, 2.05) is 30.3 Å². The number of unbranched alkanes of at least 4 members (excludes halogenated alkanes) is 8. The number of nitriles is 1. The summed E-state index contributed by atoms with van der Waals surface area (Å²) in [5.41, 5.74) is 2.02. The fraction of sp³-hybridized carbons (Fsp3) is 0.485. The van der Waals surface area contributed by atoms with Gasteiger partial charge in [-0.3, -0.25) is 23.9 Å². The summed E-state index contributed by atoms with van der Waals surface area (Å²) < 4.78 is 2.16. The number of rotatable bonds is 18. The molecule has 0 radical (unpaired) electrons. The molecule has 0 aliphatic carbocycles. The van der Waals surface area contributed by atoms with Crippen molar-refractivity contribution < 1.29 is 14.7 Å². The number of pyridine rings is 1. The van der Waals surface area contributed by atoms with Crippen molar-refractivity contribution in [1.82, 2.24) is 9.47 Å². The summed E-state index contributed by atoms with van der Waals surface area (Å²) in [4.78, 5) is 39.6. The fourth-order valence-electron chi connectivity index (χ4n) is 5.10. The van der Waals surface area contributed by atoms with Crippen LogP contribution in [0.1, 0.15) is 99.8 Å². The quantitative estimate of drug-likeness (QED) is 0.102. The third kappa shape index (κ3) is 9.80. The topological polar surface area (TPSA) is 115 Å². The van der Waals surface area contributed by atoms with Crippen LogP contribution in [0.25, 0.3) is 6.08 Å². The minimum absolute atomic E-state index is 0.0879. The molecule has 2 heterocycles. The van der Waals surface area contributed by atoms with Crippen molar-refractivity contribution in [3.05, 3.63) is 67.8 Å². The number of nitrogens with one attached hydrogen (secondary N) is 1. The number of thiocarbonyl (C=S) groups is 1. The first-order valence-corrected chi connectivity index (χ1v) is 16.4. The van der Waals surface area contributed by atoms with Gasteiger partial charge in [-0.1, -0.05) is 106 Å². The van der Waals surface area contributed by atoms with E-state index in [1.165, 1.54) is 11.8 Å². The molecule has 1 fully saturated rings. The largest absolute Gasteiger partial charge is 0.481 e. The van der Waals surface area contributed by atoms with Gasteiger partial charge in [-0.05, 0) is 43.4 Å². The number of nitrogens with zero attached hydrogens (tertiary/aromatic N) is 3. The Hall–Kier alpha value is -3.42. The number of carboxylic acid groups (broad SMARTS) is 1. The predicted octanol–water partition coefficient (Wildman–Crippen LogP) is 7.24. The molecule has 0 saturated carbocycles. The van der Waals surface area contributed by atoms with Crippen LogP contribution in [0, 0.1) is 18.3 Å². The average molecular weight is 623 g/mol. The zero-order valence-corrected chi connectivity index (χ0v) is 26.8. The number of hydrogen-bond acceptors (Lipinski definition) is 7. The zero-order valence-electron chi connectivity index (χ0n) is 25.2. The highest BCUT2D eigenvalue weighted by molar-refractivity contribution is 8.26. The number of amides is 1. The predicted molar refractivity (Wildman–Crippen MR) is 178 cm³/mol. The summed E-state index contributed by atoms with van der Waals surface area (Å²) >= 11 is 6.85. The summed E-state index contributed by atoms with van der Waals surface area (Å²) in [5.74, 6) is -0.276. The van der Waals surface area contributed by atoms with E-state index in [4.69, 9.17) is 17.3 Å². The first-order chi connectivity index (χ1) is 20.8. The second-order valence-electron chi connectivity index (χ2n) is 10.8. The van der Waals surface area contributed by atoms with E-state index >= 15 is 0 Å². The summed E-state index contributed by atoms with van der Waals surface area (Å²) in [5, 5.41) is 22.0. The van der Waals surface area contributed by atoms with Gasteiger partial charge in [0.2, 0.25) is 0 Å². The Kier molecular flexibility index (Phi) is 14.0. The summed E-state index contributed by atoms with van der Waals surface area (Å²) in [6.45, 7) is 5.32. The van der Waals surface area contributed by atoms with Crippen molar-refractivity contribution in [2.75, 3.05) is 11.9 Å². The highest BCUT2D eigenvalue weighted by atomic mass is 32.2. The molecule has 1 aliphatic rings. The molecule has 43 heavy (non-hydrogen) atoms. The van der Waals surface area contributed by atoms with Gasteiger partial charge >= 0.3 is 5.97 Å². The number of benzene rings is 1. The van der Waals surface area contributed by atoms with Gasteiger partial charge in [-0.2, -0.15) is 5.26 Å². The molecular formula is C33H42N4O4S2. The van der Waals surface area contributed by atoms with Crippen molar-refractivity contribution in [1.29, 1.82) is 5.26 Å². The van der Waals surface area contributed by atoms with Crippen LogP contribution in [0.3, 0.4) is 0 Å². The number of hydrogen-bond donors (Lipinski definition) is 2. The second-order valence-corrected chi connectivity index (χ2v) is 12.5. The van der Waals surface area contributed by atoms with Crippen molar-refractivity contribution >= 4 is 52.1 Å². The Bertz CT molecular complexity index is 1410. The molecule has 1 saturated heterocycles. The standard InChI is InChI=1S/C33H42N4O4S2/c1-3-4-19-36-30(35-23-25-16-12-11-13-17-25)26(24(2)27(22-34)31(36)40)21-28-32(41)37(33(42)43-28)20-15-10-8-6-5-7-9-14-18-29(38)39/h11-13,16-17,21,35H,3-10,14-15,18-20,23H2,1-2H3,(H,38,39)/b28-21+. The molecule has 2 aromatic rings. The normalized spacial score (nSPS) is 14.0. The molecule has 0 unspecified atom stereocenters. The molecule has 0 spiro atoms. The monoisotopic (exact) mass is 622 g/mol. The Morgan fingerprint density at radius 1 is 1.02 bits per heavy atom. The molecule has 1 aromatic heterocycles. The Morgan fingerprint density at radius 3 is 2.30 bits per heavy atom. The maximum Gasteiger partial charge on any atom is 0.303 e. The Balaban J connectivity index is 1.73. The van der Waals surface area contributed by atoms with Crippen LogP contribution in [-0.2, 0) is 22.7 Å². The van der Waals surface area contributed by atoms with Crippen LogP contribution in [0.5, 0.6) is 0 Å². The van der Waals surface area contributed by atoms with Crippen LogP contribution < -0.4 is 10.9 Å².